The van der Waals surface area contributed by atoms with Crippen molar-refractivity contribution >= 4 is 35.1 Å². The fourth-order valence-corrected chi connectivity index (χ4v) is 2.17. The van der Waals surface area contributed by atoms with Crippen LogP contribution in [-0.2, 0) is 4.79 Å². The Bertz CT molecular complexity index is 491. The van der Waals surface area contributed by atoms with Crippen LogP contribution in [0.5, 0.6) is 0 Å². The van der Waals surface area contributed by atoms with Crippen molar-refractivity contribution in [2.24, 2.45) is 5.73 Å². The van der Waals surface area contributed by atoms with Gasteiger partial charge in [-0.15, -0.1) is 0 Å². The molecule has 1 aromatic rings. The molecule has 0 saturated carbocycles. The van der Waals surface area contributed by atoms with Gasteiger partial charge < -0.3 is 21.7 Å². The van der Waals surface area contributed by atoms with Crippen molar-refractivity contribution in [2.45, 2.75) is 32.4 Å². The Labute approximate surface area is 135 Å². The molecule has 0 radical (unpaired) electrons. The predicted molar refractivity (Wildman–Crippen MR) is 93.3 cm³/mol. The number of hydrogen-bond donors (Lipinski definition) is 4. The molecule has 0 unspecified atom stereocenters. The summed E-state index contributed by atoms with van der Waals surface area (Å²) in [7, 11) is 0. The molecule has 0 fully saturated rings. The summed E-state index contributed by atoms with van der Waals surface area (Å²) in [6.07, 6.45) is 2.62. The quantitative estimate of drug-likeness (QED) is 0.618. The summed E-state index contributed by atoms with van der Waals surface area (Å²) >= 11 is 1.66. The number of amides is 3. The van der Waals surface area contributed by atoms with Crippen molar-refractivity contribution in [3.05, 3.63) is 24.3 Å². The van der Waals surface area contributed by atoms with E-state index >= 15 is 0 Å². The van der Waals surface area contributed by atoms with Gasteiger partial charge in [0.1, 0.15) is 0 Å². The maximum atomic E-state index is 11.9. The van der Waals surface area contributed by atoms with Crippen LogP contribution in [0.25, 0.3) is 0 Å². The van der Waals surface area contributed by atoms with E-state index in [1.54, 1.807) is 36.0 Å². The Morgan fingerprint density at radius 2 is 1.68 bits per heavy atom. The molecule has 0 heterocycles. The van der Waals surface area contributed by atoms with Crippen LogP contribution in [-0.4, -0.2) is 36.0 Å². The largest absolute Gasteiger partial charge is 0.336 e. The van der Waals surface area contributed by atoms with Gasteiger partial charge in [-0.25, -0.2) is 4.79 Å². The van der Waals surface area contributed by atoms with Gasteiger partial charge in [0.15, 0.2) is 0 Å². The Hall–Kier alpha value is -1.73. The molecule has 0 aliphatic heterocycles. The van der Waals surface area contributed by atoms with E-state index in [1.165, 1.54) is 0 Å². The Balaban J connectivity index is 2.51. The van der Waals surface area contributed by atoms with Gasteiger partial charge in [-0.1, -0.05) is 0 Å². The smallest absolute Gasteiger partial charge is 0.319 e. The molecule has 0 spiro atoms. The van der Waals surface area contributed by atoms with E-state index in [0.29, 0.717) is 17.8 Å². The summed E-state index contributed by atoms with van der Waals surface area (Å²) in [5.74, 6) is 0.648. The number of nitrogens with two attached hydrogens (primary N) is 1. The minimum Gasteiger partial charge on any atom is -0.336 e. The lowest BCUT2D eigenvalue weighted by Crippen LogP contribution is -2.36. The minimum atomic E-state index is -0.512. The minimum absolute atomic E-state index is 0.0707. The van der Waals surface area contributed by atoms with Gasteiger partial charge in [0.25, 0.3) is 0 Å². The van der Waals surface area contributed by atoms with E-state index in [2.05, 4.69) is 16.0 Å². The van der Waals surface area contributed by atoms with Crippen molar-refractivity contribution in [3.63, 3.8) is 0 Å². The monoisotopic (exact) mass is 324 g/mol. The number of carbonyl (C=O) groups excluding carboxylic acids is 2. The predicted octanol–water partition coefficient (Wildman–Crippen LogP) is 2.24. The molecular formula is C15H24N4O2S. The number of thioether (sulfide) groups is 1. The molecule has 6 nitrogen and oxygen atoms in total. The SMILES string of the molecule is CSCC[C@H](N)C(=O)Nc1ccc(NC(=O)NC(C)C)cc1. The molecular weight excluding hydrogens is 300 g/mol. The molecule has 1 atom stereocenters. The van der Waals surface area contributed by atoms with Gasteiger partial charge in [0.2, 0.25) is 5.91 Å². The first kappa shape index (κ1) is 18.3. The molecule has 5 N–H and O–H groups in total. The Morgan fingerprint density at radius 1 is 1.14 bits per heavy atom. The van der Waals surface area contributed by atoms with Gasteiger partial charge in [-0.2, -0.15) is 11.8 Å². The van der Waals surface area contributed by atoms with Crippen molar-refractivity contribution in [1.82, 2.24) is 5.32 Å². The zero-order chi connectivity index (χ0) is 16.5. The van der Waals surface area contributed by atoms with E-state index < -0.39 is 6.04 Å². The number of urea groups is 1. The Morgan fingerprint density at radius 3 is 2.18 bits per heavy atom. The highest BCUT2D eigenvalue weighted by atomic mass is 32.2. The highest BCUT2D eigenvalue weighted by Gasteiger charge is 2.13. The second-order valence-corrected chi connectivity index (χ2v) is 6.19. The third-order valence-electron chi connectivity index (χ3n) is 2.80. The highest BCUT2D eigenvalue weighted by Crippen LogP contribution is 2.14. The van der Waals surface area contributed by atoms with E-state index in [-0.39, 0.29) is 18.0 Å². The van der Waals surface area contributed by atoms with E-state index in [9.17, 15) is 9.59 Å². The molecule has 3 amide bonds. The van der Waals surface area contributed by atoms with E-state index in [0.717, 1.165) is 5.75 Å². The summed E-state index contributed by atoms with van der Waals surface area (Å²) in [6, 6.07) is 6.20. The fourth-order valence-electron chi connectivity index (χ4n) is 1.68. The van der Waals surface area contributed by atoms with Crippen molar-refractivity contribution in [2.75, 3.05) is 22.6 Å². The van der Waals surface area contributed by atoms with Crippen LogP contribution >= 0.6 is 11.8 Å². The van der Waals surface area contributed by atoms with Gasteiger partial charge in [-0.05, 0) is 56.5 Å². The van der Waals surface area contributed by atoms with Crippen LogP contribution in [0.2, 0.25) is 0 Å². The molecule has 0 saturated heterocycles. The molecule has 0 aromatic heterocycles. The van der Waals surface area contributed by atoms with Gasteiger partial charge in [0.05, 0.1) is 6.04 Å². The van der Waals surface area contributed by atoms with Crippen LogP contribution < -0.4 is 21.7 Å². The third kappa shape index (κ3) is 6.82. The van der Waals surface area contributed by atoms with Crippen LogP contribution in [0.3, 0.4) is 0 Å². The zero-order valence-corrected chi connectivity index (χ0v) is 14.0. The highest BCUT2D eigenvalue weighted by molar-refractivity contribution is 7.98. The van der Waals surface area contributed by atoms with Gasteiger partial charge >= 0.3 is 6.03 Å². The summed E-state index contributed by atoms with van der Waals surface area (Å²) in [5.41, 5.74) is 7.11. The Kier molecular flexibility index (Phi) is 7.76. The van der Waals surface area contributed by atoms with Gasteiger partial charge in [0, 0.05) is 17.4 Å². The van der Waals surface area contributed by atoms with E-state index in [4.69, 9.17) is 5.73 Å². The number of nitrogens with one attached hydrogen (secondary N) is 3. The molecule has 7 heteroatoms. The molecule has 22 heavy (non-hydrogen) atoms. The number of rotatable bonds is 7. The summed E-state index contributed by atoms with van der Waals surface area (Å²) in [6.45, 7) is 3.77. The summed E-state index contributed by atoms with van der Waals surface area (Å²) in [5, 5.41) is 8.21. The van der Waals surface area contributed by atoms with Crippen LogP contribution in [0.4, 0.5) is 16.2 Å². The van der Waals surface area contributed by atoms with Crippen molar-refractivity contribution < 1.29 is 9.59 Å². The molecule has 1 rings (SSSR count). The first-order valence-electron chi connectivity index (χ1n) is 7.15. The standard InChI is InChI=1S/C15H24N4O2S/c1-10(2)17-15(21)19-12-6-4-11(5-7-12)18-14(20)13(16)8-9-22-3/h4-7,10,13H,8-9,16H2,1-3H3,(H,18,20)(H2,17,19,21)/t13-/m0/s1. The van der Waals surface area contributed by atoms with Crippen molar-refractivity contribution in [1.29, 1.82) is 0 Å². The van der Waals surface area contributed by atoms with E-state index in [1.807, 2.05) is 20.1 Å². The third-order valence-corrected chi connectivity index (χ3v) is 3.44. The average molecular weight is 324 g/mol. The lowest BCUT2D eigenvalue weighted by Gasteiger charge is -2.13. The normalized spacial score (nSPS) is 11.9. The first-order chi connectivity index (χ1) is 10.4. The molecule has 122 valence electrons. The molecule has 0 aliphatic carbocycles. The molecule has 0 bridgehead atoms. The molecule has 0 aliphatic rings. The van der Waals surface area contributed by atoms with Crippen molar-refractivity contribution in [3.8, 4) is 0 Å². The average Bonchev–Trinajstić information content (AvgIpc) is 2.45. The topological polar surface area (TPSA) is 96.2 Å². The number of hydrogen-bond acceptors (Lipinski definition) is 4. The maximum Gasteiger partial charge on any atom is 0.319 e. The number of benzene rings is 1. The van der Waals surface area contributed by atoms with Crippen LogP contribution in [0, 0.1) is 0 Å². The second kappa shape index (κ2) is 9.32. The summed E-state index contributed by atoms with van der Waals surface area (Å²) in [4.78, 5) is 23.4. The number of carbonyl (C=O) groups is 2. The fraction of sp³-hybridized carbons (Fsp3) is 0.467. The summed E-state index contributed by atoms with van der Waals surface area (Å²) < 4.78 is 0. The zero-order valence-electron chi connectivity index (χ0n) is 13.2. The maximum absolute atomic E-state index is 11.9. The lowest BCUT2D eigenvalue weighted by atomic mass is 10.2. The van der Waals surface area contributed by atoms with Crippen LogP contribution in [0.1, 0.15) is 20.3 Å². The van der Waals surface area contributed by atoms with Gasteiger partial charge in [-0.3, -0.25) is 4.79 Å². The number of anilines is 2. The second-order valence-electron chi connectivity index (χ2n) is 5.21. The molecule has 1 aromatic carbocycles. The lowest BCUT2D eigenvalue weighted by molar-refractivity contribution is -0.117. The first-order valence-corrected chi connectivity index (χ1v) is 8.54. The van der Waals surface area contributed by atoms with Crippen LogP contribution in [0.15, 0.2) is 24.3 Å².